The van der Waals surface area contributed by atoms with Gasteiger partial charge >= 0.3 is 0 Å². The first-order valence-electron chi connectivity index (χ1n) is 7.41. The number of ether oxygens (including phenoxy) is 3. The van der Waals surface area contributed by atoms with Crippen LogP contribution in [0.3, 0.4) is 0 Å². The number of carbonyl (C=O) groups is 1. The average Bonchev–Trinajstić information content (AvgIpc) is 2.61. The molecule has 0 atom stereocenters. The highest BCUT2D eigenvalue weighted by atomic mass is 19.1. The molecule has 0 heterocycles. The van der Waals surface area contributed by atoms with E-state index in [4.69, 9.17) is 14.2 Å². The number of benzene rings is 2. The van der Waals surface area contributed by atoms with Gasteiger partial charge in [-0.05, 0) is 30.7 Å². The van der Waals surface area contributed by atoms with Gasteiger partial charge in [0.2, 0.25) is 0 Å². The van der Waals surface area contributed by atoms with Gasteiger partial charge in [-0.25, -0.2) is 4.39 Å². The van der Waals surface area contributed by atoms with Crippen molar-refractivity contribution in [1.82, 2.24) is 5.32 Å². The lowest BCUT2D eigenvalue weighted by molar-refractivity contribution is 0.0954. The lowest BCUT2D eigenvalue weighted by atomic mass is 10.1. The number of rotatable bonds is 7. The molecule has 2 aromatic carbocycles. The molecule has 128 valence electrons. The summed E-state index contributed by atoms with van der Waals surface area (Å²) < 4.78 is 28.8. The van der Waals surface area contributed by atoms with Crippen LogP contribution in [0.2, 0.25) is 0 Å². The molecule has 0 radical (unpaired) electrons. The molecular formula is C18H20FNO4. The summed E-state index contributed by atoms with van der Waals surface area (Å²) in [5, 5.41) is 2.79. The molecule has 2 rings (SSSR count). The first kappa shape index (κ1) is 17.6. The zero-order valence-electron chi connectivity index (χ0n) is 13.9. The van der Waals surface area contributed by atoms with Gasteiger partial charge in [0.15, 0.2) is 0 Å². The number of hydrogen-bond acceptors (Lipinski definition) is 4. The van der Waals surface area contributed by atoms with Gasteiger partial charge in [0, 0.05) is 29.8 Å². The number of methoxy groups -OCH3 is 3. The molecule has 5 nitrogen and oxygen atoms in total. The van der Waals surface area contributed by atoms with Crippen molar-refractivity contribution in [2.45, 2.75) is 6.42 Å². The molecule has 0 saturated carbocycles. The second-order valence-electron chi connectivity index (χ2n) is 5.02. The maximum absolute atomic E-state index is 12.9. The van der Waals surface area contributed by atoms with Crippen LogP contribution in [0.1, 0.15) is 15.9 Å². The Morgan fingerprint density at radius 3 is 2.08 bits per heavy atom. The van der Waals surface area contributed by atoms with Crippen LogP contribution in [0.25, 0.3) is 0 Å². The van der Waals surface area contributed by atoms with Gasteiger partial charge in [-0.3, -0.25) is 4.79 Å². The molecular weight excluding hydrogens is 313 g/mol. The Morgan fingerprint density at radius 1 is 1.00 bits per heavy atom. The number of carbonyl (C=O) groups excluding carboxylic acids is 1. The van der Waals surface area contributed by atoms with Crippen LogP contribution in [-0.2, 0) is 6.42 Å². The lowest BCUT2D eigenvalue weighted by Crippen LogP contribution is -2.25. The van der Waals surface area contributed by atoms with Crippen molar-refractivity contribution in [3.8, 4) is 17.2 Å². The van der Waals surface area contributed by atoms with Gasteiger partial charge in [-0.1, -0.05) is 0 Å². The second kappa shape index (κ2) is 8.19. The van der Waals surface area contributed by atoms with Gasteiger partial charge < -0.3 is 19.5 Å². The van der Waals surface area contributed by atoms with Crippen molar-refractivity contribution in [1.29, 1.82) is 0 Å². The van der Waals surface area contributed by atoms with E-state index in [1.165, 1.54) is 24.3 Å². The molecule has 0 aliphatic heterocycles. The summed E-state index contributed by atoms with van der Waals surface area (Å²) in [6.07, 6.45) is 0.517. The van der Waals surface area contributed by atoms with E-state index in [-0.39, 0.29) is 11.7 Å². The van der Waals surface area contributed by atoms with Crippen molar-refractivity contribution in [2.24, 2.45) is 0 Å². The van der Waals surface area contributed by atoms with Gasteiger partial charge in [0.05, 0.1) is 21.3 Å². The van der Waals surface area contributed by atoms with Crippen molar-refractivity contribution in [3.63, 3.8) is 0 Å². The molecule has 0 saturated heterocycles. The standard InChI is InChI=1S/C18H20FNO4/c1-22-14-10-16(23-2)15(17(11-14)24-3)8-9-20-18(21)12-4-6-13(19)7-5-12/h4-7,10-11H,8-9H2,1-3H3,(H,20,21). The molecule has 0 unspecified atom stereocenters. The predicted molar refractivity (Wildman–Crippen MR) is 88.5 cm³/mol. The highest BCUT2D eigenvalue weighted by Gasteiger charge is 2.14. The van der Waals surface area contributed by atoms with E-state index in [0.717, 1.165) is 5.56 Å². The largest absolute Gasteiger partial charge is 0.496 e. The number of hydrogen-bond donors (Lipinski definition) is 1. The van der Waals surface area contributed by atoms with Crippen LogP contribution < -0.4 is 19.5 Å². The molecule has 0 aliphatic rings. The SMILES string of the molecule is COc1cc(OC)c(CCNC(=O)c2ccc(F)cc2)c(OC)c1. The van der Waals surface area contributed by atoms with Crippen LogP contribution in [0.4, 0.5) is 4.39 Å². The third-order valence-electron chi connectivity index (χ3n) is 3.58. The van der Waals surface area contributed by atoms with Crippen molar-refractivity contribution in [3.05, 3.63) is 53.3 Å². The first-order chi connectivity index (χ1) is 11.6. The Hall–Kier alpha value is -2.76. The smallest absolute Gasteiger partial charge is 0.251 e. The highest BCUT2D eigenvalue weighted by molar-refractivity contribution is 5.94. The van der Waals surface area contributed by atoms with Crippen LogP contribution in [-0.4, -0.2) is 33.8 Å². The van der Waals surface area contributed by atoms with E-state index >= 15 is 0 Å². The van der Waals surface area contributed by atoms with Gasteiger partial charge in [-0.2, -0.15) is 0 Å². The first-order valence-corrected chi connectivity index (χ1v) is 7.41. The van der Waals surface area contributed by atoms with Gasteiger partial charge in [0.1, 0.15) is 23.1 Å². The molecule has 0 bridgehead atoms. The number of halogens is 1. The molecule has 0 fully saturated rings. The Labute approximate surface area is 140 Å². The molecule has 1 N–H and O–H groups in total. The molecule has 2 aromatic rings. The average molecular weight is 333 g/mol. The predicted octanol–water partition coefficient (Wildman–Crippen LogP) is 2.82. The van der Waals surface area contributed by atoms with E-state index < -0.39 is 0 Å². The summed E-state index contributed by atoms with van der Waals surface area (Å²) in [4.78, 5) is 12.0. The monoisotopic (exact) mass is 333 g/mol. The molecule has 0 spiro atoms. The fourth-order valence-electron chi connectivity index (χ4n) is 2.33. The summed E-state index contributed by atoms with van der Waals surface area (Å²) in [7, 11) is 4.69. The maximum Gasteiger partial charge on any atom is 0.251 e. The van der Waals surface area contributed by atoms with Crippen LogP contribution >= 0.6 is 0 Å². The van der Waals surface area contributed by atoms with E-state index in [1.54, 1.807) is 33.5 Å². The highest BCUT2D eigenvalue weighted by Crippen LogP contribution is 2.34. The fraction of sp³-hybridized carbons (Fsp3) is 0.278. The van der Waals surface area contributed by atoms with E-state index in [0.29, 0.717) is 35.8 Å². The maximum atomic E-state index is 12.9. The quantitative estimate of drug-likeness (QED) is 0.846. The van der Waals surface area contributed by atoms with Gasteiger partial charge in [-0.15, -0.1) is 0 Å². The van der Waals surface area contributed by atoms with Gasteiger partial charge in [0.25, 0.3) is 5.91 Å². The molecule has 0 aliphatic carbocycles. The minimum atomic E-state index is -0.376. The normalized spacial score (nSPS) is 10.2. The zero-order chi connectivity index (χ0) is 17.5. The van der Waals surface area contributed by atoms with Crippen molar-refractivity contribution < 1.29 is 23.4 Å². The third-order valence-corrected chi connectivity index (χ3v) is 3.58. The van der Waals surface area contributed by atoms with E-state index in [1.807, 2.05) is 0 Å². The number of nitrogens with one attached hydrogen (secondary N) is 1. The van der Waals surface area contributed by atoms with E-state index in [2.05, 4.69) is 5.32 Å². The molecule has 6 heteroatoms. The minimum Gasteiger partial charge on any atom is -0.496 e. The molecule has 0 aromatic heterocycles. The molecule has 1 amide bonds. The Balaban J connectivity index is 2.06. The van der Waals surface area contributed by atoms with Crippen LogP contribution in [0.5, 0.6) is 17.2 Å². The summed E-state index contributed by atoms with van der Waals surface area (Å²) in [5.74, 6) is 1.24. The fourth-order valence-corrected chi connectivity index (χ4v) is 2.33. The topological polar surface area (TPSA) is 56.8 Å². The summed E-state index contributed by atoms with van der Waals surface area (Å²) in [6.45, 7) is 0.384. The Bertz CT molecular complexity index is 676. The number of amides is 1. The third kappa shape index (κ3) is 4.16. The Kier molecular flexibility index (Phi) is 6.01. The van der Waals surface area contributed by atoms with Crippen LogP contribution in [0.15, 0.2) is 36.4 Å². The minimum absolute atomic E-state index is 0.263. The summed E-state index contributed by atoms with van der Waals surface area (Å²) in [6, 6.07) is 8.92. The second-order valence-corrected chi connectivity index (χ2v) is 5.02. The zero-order valence-corrected chi connectivity index (χ0v) is 13.9. The lowest BCUT2D eigenvalue weighted by Gasteiger charge is -2.15. The van der Waals surface area contributed by atoms with Crippen LogP contribution in [0, 0.1) is 5.82 Å². The molecule has 24 heavy (non-hydrogen) atoms. The summed E-state index contributed by atoms with van der Waals surface area (Å²) >= 11 is 0. The summed E-state index contributed by atoms with van der Waals surface area (Å²) in [5.41, 5.74) is 1.24. The van der Waals surface area contributed by atoms with Crippen molar-refractivity contribution >= 4 is 5.91 Å². The van der Waals surface area contributed by atoms with E-state index in [9.17, 15) is 9.18 Å². The van der Waals surface area contributed by atoms with Crippen molar-refractivity contribution in [2.75, 3.05) is 27.9 Å². The Morgan fingerprint density at radius 2 is 1.58 bits per heavy atom.